The lowest BCUT2D eigenvalue weighted by molar-refractivity contribution is 0.0521. The molecule has 0 radical (unpaired) electrons. The van der Waals surface area contributed by atoms with Gasteiger partial charge in [-0.1, -0.05) is 18.2 Å². The molecule has 0 fully saturated rings. The second kappa shape index (κ2) is 6.92. The van der Waals surface area contributed by atoms with Gasteiger partial charge in [-0.15, -0.1) is 0 Å². The van der Waals surface area contributed by atoms with E-state index >= 15 is 0 Å². The summed E-state index contributed by atoms with van der Waals surface area (Å²) in [4.78, 5) is 18.5. The monoisotopic (exact) mass is 349 g/mol. The Bertz CT molecular complexity index is 908. The van der Waals surface area contributed by atoms with Crippen LogP contribution in [0.1, 0.15) is 10.4 Å². The van der Waals surface area contributed by atoms with Crippen LogP contribution >= 0.6 is 0 Å². The van der Waals surface area contributed by atoms with Crippen molar-refractivity contribution in [2.75, 3.05) is 20.2 Å². The number of rotatable bonds is 4. The van der Waals surface area contributed by atoms with Crippen LogP contribution < -0.4 is 9.47 Å². The van der Waals surface area contributed by atoms with Crippen molar-refractivity contribution in [3.05, 3.63) is 72.8 Å². The number of carbonyl (C=O) groups is 1. The Hall–Kier alpha value is -3.28. The average Bonchev–Trinajstić information content (AvgIpc) is 3.22. The van der Waals surface area contributed by atoms with Gasteiger partial charge in [-0.05, 0) is 30.3 Å². The molecule has 6 nitrogen and oxygen atoms in total. The first-order valence-corrected chi connectivity index (χ1v) is 8.43. The van der Waals surface area contributed by atoms with E-state index in [0.717, 1.165) is 11.4 Å². The first kappa shape index (κ1) is 16.2. The number of nitrogens with zero attached hydrogens (tertiary/aromatic N) is 3. The van der Waals surface area contributed by atoms with E-state index in [1.165, 1.54) is 0 Å². The fraction of sp³-hybridized carbons (Fsp3) is 0.200. The predicted octanol–water partition coefficient (Wildman–Crippen LogP) is 2.78. The molecule has 0 saturated carbocycles. The molecule has 0 unspecified atom stereocenters. The third kappa shape index (κ3) is 3.26. The molecular weight excluding hydrogens is 330 g/mol. The highest BCUT2D eigenvalue weighted by atomic mass is 16.6. The molecule has 132 valence electrons. The quantitative estimate of drug-likeness (QED) is 0.727. The lowest BCUT2D eigenvalue weighted by Crippen LogP contribution is -2.41. The summed E-state index contributed by atoms with van der Waals surface area (Å²) in [7, 11) is 1.77. The van der Waals surface area contributed by atoms with E-state index in [1.807, 2.05) is 59.3 Å². The highest BCUT2D eigenvalue weighted by Gasteiger charge is 2.24. The normalized spacial score (nSPS) is 15.5. The van der Waals surface area contributed by atoms with Crippen molar-refractivity contribution in [3.8, 4) is 17.2 Å². The smallest absolute Gasteiger partial charge is 0.253 e. The number of amides is 1. The third-order valence-electron chi connectivity index (χ3n) is 4.29. The van der Waals surface area contributed by atoms with Crippen molar-refractivity contribution in [2.45, 2.75) is 6.10 Å². The molecule has 26 heavy (non-hydrogen) atoms. The molecule has 4 rings (SSSR count). The number of aromatic nitrogens is 2. The van der Waals surface area contributed by atoms with Crippen LogP contribution in [0.5, 0.6) is 11.5 Å². The number of benzene rings is 2. The summed E-state index contributed by atoms with van der Waals surface area (Å²) in [5.74, 6) is 1.40. The minimum absolute atomic E-state index is 0.0607. The van der Waals surface area contributed by atoms with Gasteiger partial charge >= 0.3 is 0 Å². The zero-order chi connectivity index (χ0) is 17.9. The molecule has 0 spiro atoms. The Kier molecular flexibility index (Phi) is 4.31. The number of hydrogen-bond acceptors (Lipinski definition) is 4. The van der Waals surface area contributed by atoms with E-state index in [-0.39, 0.29) is 12.0 Å². The van der Waals surface area contributed by atoms with E-state index in [2.05, 4.69) is 4.98 Å². The summed E-state index contributed by atoms with van der Waals surface area (Å²) in [6.45, 7) is 0.867. The zero-order valence-corrected chi connectivity index (χ0v) is 14.4. The number of hydrogen-bond donors (Lipinski definition) is 0. The van der Waals surface area contributed by atoms with Gasteiger partial charge in [0.2, 0.25) is 0 Å². The largest absolute Gasteiger partial charge is 0.486 e. The van der Waals surface area contributed by atoms with E-state index in [4.69, 9.17) is 9.47 Å². The van der Waals surface area contributed by atoms with Gasteiger partial charge in [-0.3, -0.25) is 4.79 Å². The van der Waals surface area contributed by atoms with Crippen molar-refractivity contribution in [3.63, 3.8) is 0 Å². The number of likely N-dealkylation sites (N-methyl/N-ethyl adjacent to an activating group) is 1. The minimum atomic E-state index is -0.198. The van der Waals surface area contributed by atoms with Crippen LogP contribution in [0.25, 0.3) is 5.69 Å². The van der Waals surface area contributed by atoms with Crippen molar-refractivity contribution in [1.82, 2.24) is 14.5 Å². The molecule has 2 aromatic carbocycles. The molecule has 1 amide bonds. The van der Waals surface area contributed by atoms with E-state index in [0.29, 0.717) is 24.5 Å². The predicted molar refractivity (Wildman–Crippen MR) is 96.9 cm³/mol. The summed E-state index contributed by atoms with van der Waals surface area (Å²) in [6, 6.07) is 15.0. The maximum atomic E-state index is 12.8. The first-order chi connectivity index (χ1) is 12.7. The molecule has 0 saturated heterocycles. The molecule has 0 aliphatic carbocycles. The molecule has 0 bridgehead atoms. The van der Waals surface area contributed by atoms with Crippen molar-refractivity contribution < 1.29 is 14.3 Å². The van der Waals surface area contributed by atoms with Crippen molar-refractivity contribution in [2.24, 2.45) is 0 Å². The Balaban J connectivity index is 1.45. The van der Waals surface area contributed by atoms with Gasteiger partial charge in [-0.25, -0.2) is 4.98 Å². The Morgan fingerprint density at radius 2 is 2.08 bits per heavy atom. The molecule has 1 aliphatic heterocycles. The number of imidazole rings is 1. The van der Waals surface area contributed by atoms with Gasteiger partial charge in [0, 0.05) is 30.7 Å². The van der Waals surface area contributed by atoms with Crippen molar-refractivity contribution in [1.29, 1.82) is 0 Å². The fourth-order valence-electron chi connectivity index (χ4n) is 2.97. The highest BCUT2D eigenvalue weighted by molar-refractivity contribution is 5.94. The number of ether oxygens (including phenoxy) is 2. The highest BCUT2D eigenvalue weighted by Crippen LogP contribution is 2.31. The lowest BCUT2D eigenvalue weighted by atomic mass is 10.1. The summed E-state index contributed by atoms with van der Waals surface area (Å²) in [6.07, 6.45) is 5.06. The van der Waals surface area contributed by atoms with Gasteiger partial charge in [0.05, 0.1) is 12.9 Å². The molecule has 1 aromatic heterocycles. The summed E-state index contributed by atoms with van der Waals surface area (Å²) < 4.78 is 13.5. The van der Waals surface area contributed by atoms with Gasteiger partial charge < -0.3 is 18.9 Å². The topological polar surface area (TPSA) is 56.6 Å². The maximum absolute atomic E-state index is 12.8. The molecule has 0 N–H and O–H groups in total. The van der Waals surface area contributed by atoms with Crippen LogP contribution in [0.2, 0.25) is 0 Å². The molecule has 6 heteroatoms. The number of carbonyl (C=O) groups excluding carboxylic acids is 1. The first-order valence-electron chi connectivity index (χ1n) is 8.43. The van der Waals surface area contributed by atoms with E-state index in [9.17, 15) is 4.79 Å². The van der Waals surface area contributed by atoms with Crippen LogP contribution in [0.4, 0.5) is 0 Å². The third-order valence-corrected chi connectivity index (χ3v) is 4.29. The zero-order valence-electron chi connectivity index (χ0n) is 14.4. The van der Waals surface area contributed by atoms with Gasteiger partial charge in [0.25, 0.3) is 5.91 Å². The molecule has 1 aliphatic rings. The Morgan fingerprint density at radius 1 is 1.23 bits per heavy atom. The molecule has 1 atom stereocenters. The molecule has 2 heterocycles. The molecular formula is C20H19N3O3. The van der Waals surface area contributed by atoms with Crippen LogP contribution in [0, 0.1) is 0 Å². The summed E-state index contributed by atoms with van der Waals surface area (Å²) in [5, 5.41) is 0. The van der Waals surface area contributed by atoms with Crippen LogP contribution in [-0.4, -0.2) is 46.7 Å². The Morgan fingerprint density at radius 3 is 2.88 bits per heavy atom. The lowest BCUT2D eigenvalue weighted by Gasteiger charge is -2.29. The minimum Gasteiger partial charge on any atom is -0.486 e. The second-order valence-corrected chi connectivity index (χ2v) is 6.20. The van der Waals surface area contributed by atoms with Gasteiger partial charge in [-0.2, -0.15) is 0 Å². The van der Waals surface area contributed by atoms with E-state index < -0.39 is 0 Å². The summed E-state index contributed by atoms with van der Waals surface area (Å²) >= 11 is 0. The SMILES string of the molecule is CN(C[C@H]1COc2ccccc2O1)C(=O)c1cccc(-n2ccnc2)c1. The van der Waals surface area contributed by atoms with Crippen molar-refractivity contribution >= 4 is 5.91 Å². The Labute approximate surface area is 151 Å². The fourth-order valence-corrected chi connectivity index (χ4v) is 2.97. The number of para-hydroxylation sites is 2. The second-order valence-electron chi connectivity index (χ2n) is 6.20. The van der Waals surface area contributed by atoms with Crippen LogP contribution in [0.15, 0.2) is 67.3 Å². The van der Waals surface area contributed by atoms with E-state index in [1.54, 1.807) is 24.5 Å². The van der Waals surface area contributed by atoms with Gasteiger partial charge in [0.1, 0.15) is 6.61 Å². The molecule has 3 aromatic rings. The maximum Gasteiger partial charge on any atom is 0.253 e. The van der Waals surface area contributed by atoms with Crippen LogP contribution in [-0.2, 0) is 0 Å². The number of fused-ring (bicyclic) bond motifs is 1. The standard InChI is InChI=1S/C20H19N3O3/c1-22(12-17-13-25-18-7-2-3-8-19(18)26-17)20(24)15-5-4-6-16(11-15)23-10-9-21-14-23/h2-11,14,17H,12-13H2,1H3/t17-/m0/s1. The van der Waals surface area contributed by atoms with Crippen LogP contribution in [0.3, 0.4) is 0 Å². The van der Waals surface area contributed by atoms with Gasteiger partial charge in [0.15, 0.2) is 17.6 Å². The summed E-state index contributed by atoms with van der Waals surface area (Å²) in [5.41, 5.74) is 1.52. The average molecular weight is 349 g/mol.